The molecule has 5 nitrogen and oxygen atoms in total. The molecule has 0 aliphatic rings. The van der Waals surface area contributed by atoms with Gasteiger partial charge in [-0.2, -0.15) is 0 Å². The first-order chi connectivity index (χ1) is 10.4. The van der Waals surface area contributed by atoms with Crippen LogP contribution in [0.4, 0.5) is 0 Å². The summed E-state index contributed by atoms with van der Waals surface area (Å²) in [5, 5.41) is 21.0. The lowest BCUT2D eigenvalue weighted by Crippen LogP contribution is -2.12. The summed E-state index contributed by atoms with van der Waals surface area (Å²) in [6.45, 7) is 2.22. The van der Waals surface area contributed by atoms with Gasteiger partial charge in [-0.05, 0) is 38.7 Å². The summed E-state index contributed by atoms with van der Waals surface area (Å²) in [7, 11) is 3.63. The molecular weight excluding hydrogens is 282 g/mol. The van der Waals surface area contributed by atoms with Gasteiger partial charge in [0.15, 0.2) is 0 Å². The predicted octanol–water partition coefficient (Wildman–Crippen LogP) is 2.73. The zero-order valence-electron chi connectivity index (χ0n) is 12.7. The van der Waals surface area contributed by atoms with Crippen LogP contribution in [0, 0.1) is 6.92 Å². The summed E-state index contributed by atoms with van der Waals surface area (Å²) in [6.07, 6.45) is 0. The lowest BCUT2D eigenvalue weighted by atomic mass is 10.0. The van der Waals surface area contributed by atoms with Gasteiger partial charge in [0.1, 0.15) is 28.1 Å². The van der Waals surface area contributed by atoms with E-state index in [1.807, 2.05) is 27.1 Å². The first-order valence-corrected chi connectivity index (χ1v) is 6.94. The summed E-state index contributed by atoms with van der Waals surface area (Å²) in [5.74, 6) is -0.311. The highest BCUT2D eigenvalue weighted by molar-refractivity contribution is 5.95. The number of benzene rings is 2. The van der Waals surface area contributed by atoms with Crippen molar-refractivity contribution in [2.24, 2.45) is 0 Å². The number of fused-ring (bicyclic) bond motifs is 2. The van der Waals surface area contributed by atoms with Crippen LogP contribution in [0.25, 0.3) is 21.9 Å². The smallest absolute Gasteiger partial charge is 0.204 e. The third-order valence-corrected chi connectivity index (χ3v) is 3.65. The zero-order valence-corrected chi connectivity index (χ0v) is 12.7. The Morgan fingerprint density at radius 3 is 2.55 bits per heavy atom. The van der Waals surface area contributed by atoms with Gasteiger partial charge in [0.05, 0.1) is 10.9 Å². The van der Waals surface area contributed by atoms with E-state index in [1.54, 1.807) is 17.0 Å². The van der Waals surface area contributed by atoms with Gasteiger partial charge in [0.2, 0.25) is 5.43 Å². The number of phenolic OH excluding ortho intramolecular Hbond substituents is 2. The van der Waals surface area contributed by atoms with Gasteiger partial charge < -0.3 is 19.5 Å². The van der Waals surface area contributed by atoms with Crippen molar-refractivity contribution in [3.63, 3.8) is 0 Å². The highest BCUT2D eigenvalue weighted by atomic mass is 16.3. The molecule has 0 spiro atoms. The van der Waals surface area contributed by atoms with Crippen molar-refractivity contribution < 1.29 is 14.6 Å². The van der Waals surface area contributed by atoms with Gasteiger partial charge in [-0.25, -0.2) is 0 Å². The Balaban J connectivity index is 2.44. The second kappa shape index (κ2) is 5.03. The number of aryl methyl sites for hydroxylation is 1. The maximum Gasteiger partial charge on any atom is 0.204 e. The van der Waals surface area contributed by atoms with Gasteiger partial charge in [0, 0.05) is 12.6 Å². The van der Waals surface area contributed by atoms with Crippen LogP contribution in [0.5, 0.6) is 11.5 Å². The van der Waals surface area contributed by atoms with Crippen LogP contribution in [-0.4, -0.2) is 29.2 Å². The van der Waals surface area contributed by atoms with Gasteiger partial charge >= 0.3 is 0 Å². The minimum atomic E-state index is -0.297. The molecule has 3 rings (SSSR count). The Morgan fingerprint density at radius 2 is 1.86 bits per heavy atom. The molecule has 0 bridgehead atoms. The Hall–Kier alpha value is -2.53. The van der Waals surface area contributed by atoms with Crippen molar-refractivity contribution in [3.8, 4) is 11.5 Å². The molecule has 0 saturated heterocycles. The molecule has 0 radical (unpaired) electrons. The number of nitrogens with zero attached hydrogens (tertiary/aromatic N) is 1. The van der Waals surface area contributed by atoms with Crippen molar-refractivity contribution in [2.45, 2.75) is 13.5 Å². The van der Waals surface area contributed by atoms with Crippen LogP contribution in [0.2, 0.25) is 0 Å². The maximum atomic E-state index is 12.7. The van der Waals surface area contributed by atoms with Crippen molar-refractivity contribution in [1.82, 2.24) is 4.90 Å². The topological polar surface area (TPSA) is 73.9 Å². The summed E-state index contributed by atoms with van der Waals surface area (Å²) < 4.78 is 5.70. The molecule has 1 aromatic heterocycles. The van der Waals surface area contributed by atoms with E-state index in [1.165, 1.54) is 6.07 Å². The van der Waals surface area contributed by atoms with Crippen LogP contribution >= 0.6 is 0 Å². The third-order valence-electron chi connectivity index (χ3n) is 3.65. The first kappa shape index (κ1) is 14.4. The Kier molecular flexibility index (Phi) is 3.30. The lowest BCUT2D eigenvalue weighted by molar-refractivity contribution is 0.370. The van der Waals surface area contributed by atoms with E-state index in [0.29, 0.717) is 23.1 Å². The second-order valence-electron chi connectivity index (χ2n) is 5.76. The monoisotopic (exact) mass is 299 g/mol. The summed E-state index contributed by atoms with van der Waals surface area (Å²) >= 11 is 0. The van der Waals surface area contributed by atoms with Crippen molar-refractivity contribution in [1.29, 1.82) is 0 Å². The van der Waals surface area contributed by atoms with E-state index in [4.69, 9.17) is 4.42 Å². The molecule has 0 atom stereocenters. The summed E-state index contributed by atoms with van der Waals surface area (Å²) in [5.41, 5.74) is 1.61. The number of hydrogen-bond acceptors (Lipinski definition) is 5. The summed E-state index contributed by atoms with van der Waals surface area (Å²) in [6, 6.07) is 6.66. The maximum absolute atomic E-state index is 12.7. The SMILES string of the molecule is Cc1ccc2c(=O)c3c(O)c(CN(C)C)c(O)cc3oc2c1. The molecule has 0 fully saturated rings. The van der Waals surface area contributed by atoms with Crippen molar-refractivity contribution in [3.05, 3.63) is 45.6 Å². The fourth-order valence-corrected chi connectivity index (χ4v) is 2.60. The van der Waals surface area contributed by atoms with Gasteiger partial charge in [0.25, 0.3) is 0 Å². The average molecular weight is 299 g/mol. The molecule has 3 aromatic rings. The normalized spacial score (nSPS) is 11.6. The lowest BCUT2D eigenvalue weighted by Gasteiger charge is -2.14. The number of phenols is 2. The van der Waals surface area contributed by atoms with Crippen LogP contribution in [0.15, 0.2) is 33.5 Å². The molecule has 2 aromatic carbocycles. The van der Waals surface area contributed by atoms with E-state index in [0.717, 1.165) is 5.56 Å². The van der Waals surface area contributed by atoms with E-state index in [2.05, 4.69) is 0 Å². The van der Waals surface area contributed by atoms with Crippen molar-refractivity contribution >= 4 is 21.9 Å². The quantitative estimate of drug-likeness (QED) is 0.712. The van der Waals surface area contributed by atoms with Crippen LogP contribution in [-0.2, 0) is 6.54 Å². The van der Waals surface area contributed by atoms with Gasteiger partial charge in [-0.15, -0.1) is 0 Å². The molecule has 22 heavy (non-hydrogen) atoms. The Labute approximate surface area is 127 Å². The van der Waals surface area contributed by atoms with Crippen molar-refractivity contribution in [2.75, 3.05) is 14.1 Å². The molecule has 114 valence electrons. The second-order valence-corrected chi connectivity index (χ2v) is 5.76. The highest BCUT2D eigenvalue weighted by Gasteiger charge is 2.18. The van der Waals surface area contributed by atoms with Gasteiger partial charge in [-0.3, -0.25) is 4.79 Å². The van der Waals surface area contributed by atoms with Gasteiger partial charge in [-0.1, -0.05) is 6.07 Å². The largest absolute Gasteiger partial charge is 0.507 e. The average Bonchev–Trinajstić information content (AvgIpc) is 2.42. The number of hydrogen-bond donors (Lipinski definition) is 2. The molecule has 1 heterocycles. The molecule has 0 unspecified atom stereocenters. The molecule has 0 aliphatic carbocycles. The highest BCUT2D eigenvalue weighted by Crippen LogP contribution is 2.35. The summed E-state index contributed by atoms with van der Waals surface area (Å²) in [4.78, 5) is 14.5. The van der Waals surface area contributed by atoms with Crippen LogP contribution in [0.3, 0.4) is 0 Å². The molecular formula is C17H17NO4. The van der Waals surface area contributed by atoms with E-state index < -0.39 is 0 Å². The van der Waals surface area contributed by atoms with E-state index in [9.17, 15) is 15.0 Å². The number of aromatic hydroxyl groups is 2. The van der Waals surface area contributed by atoms with Crippen LogP contribution in [0.1, 0.15) is 11.1 Å². The fraction of sp³-hybridized carbons (Fsp3) is 0.235. The molecule has 5 heteroatoms. The molecule has 0 saturated carbocycles. The molecule has 2 N–H and O–H groups in total. The zero-order chi connectivity index (χ0) is 16.0. The fourth-order valence-electron chi connectivity index (χ4n) is 2.60. The van der Waals surface area contributed by atoms with Crippen LogP contribution < -0.4 is 5.43 Å². The Bertz CT molecular complexity index is 941. The molecule has 0 aliphatic heterocycles. The Morgan fingerprint density at radius 1 is 1.14 bits per heavy atom. The standard InChI is InChI=1S/C17H17NO4/c1-9-4-5-10-13(6-9)22-14-7-12(19)11(8-18(2)3)17(21)15(14)16(10)20/h4-7,19,21H,8H2,1-3H3. The van der Waals surface area contributed by atoms with E-state index >= 15 is 0 Å². The minimum Gasteiger partial charge on any atom is -0.507 e. The predicted molar refractivity (Wildman–Crippen MR) is 85.4 cm³/mol. The third kappa shape index (κ3) is 2.19. The minimum absolute atomic E-state index is 0.0890. The van der Waals surface area contributed by atoms with E-state index in [-0.39, 0.29) is 27.9 Å². The molecule has 0 amide bonds. The number of rotatable bonds is 2. The first-order valence-electron chi connectivity index (χ1n) is 6.94.